The maximum Gasteiger partial charge on any atom is 0.227 e. The van der Waals surface area contributed by atoms with E-state index >= 15 is 0 Å². The molecule has 1 saturated heterocycles. The Kier molecular flexibility index (Phi) is 6.30. The van der Waals surface area contributed by atoms with Gasteiger partial charge in [-0.2, -0.15) is 0 Å². The fourth-order valence-electron chi connectivity index (χ4n) is 3.67. The zero-order valence-electron chi connectivity index (χ0n) is 18.2. The fraction of sp³-hybridized carbons (Fsp3) is 0.250. The summed E-state index contributed by atoms with van der Waals surface area (Å²) in [6, 6.07) is 17.5. The molecule has 8 nitrogen and oxygen atoms in total. The molecule has 2 aromatic carbocycles. The van der Waals surface area contributed by atoms with Crippen LogP contribution in [0.4, 0.5) is 23.0 Å². The highest BCUT2D eigenvalue weighted by molar-refractivity contribution is 5.88. The van der Waals surface area contributed by atoms with Crippen LogP contribution in [-0.2, 0) is 9.59 Å². The van der Waals surface area contributed by atoms with Gasteiger partial charge in [0.1, 0.15) is 0 Å². The largest absolute Gasteiger partial charge is 0.368 e. The summed E-state index contributed by atoms with van der Waals surface area (Å²) in [4.78, 5) is 35.8. The molecule has 1 aliphatic heterocycles. The van der Waals surface area contributed by atoms with Crippen molar-refractivity contribution in [1.82, 2.24) is 14.9 Å². The van der Waals surface area contributed by atoms with Crippen molar-refractivity contribution in [2.45, 2.75) is 13.8 Å². The van der Waals surface area contributed by atoms with E-state index < -0.39 is 0 Å². The molecule has 1 aliphatic rings. The van der Waals surface area contributed by atoms with Gasteiger partial charge < -0.3 is 20.4 Å². The van der Waals surface area contributed by atoms with E-state index in [9.17, 15) is 9.59 Å². The summed E-state index contributed by atoms with van der Waals surface area (Å²) in [5, 5.41) is 6.01. The van der Waals surface area contributed by atoms with Crippen LogP contribution in [0, 0.1) is 0 Å². The van der Waals surface area contributed by atoms with E-state index in [1.807, 2.05) is 47.4 Å². The predicted molar refractivity (Wildman–Crippen MR) is 126 cm³/mol. The quantitative estimate of drug-likeness (QED) is 0.644. The summed E-state index contributed by atoms with van der Waals surface area (Å²) >= 11 is 0. The third kappa shape index (κ3) is 5.21. The number of hydrogen-bond donors (Lipinski definition) is 2. The average Bonchev–Trinajstić information content (AvgIpc) is 2.80. The second-order valence-electron chi connectivity index (χ2n) is 7.69. The van der Waals surface area contributed by atoms with Crippen LogP contribution in [0.1, 0.15) is 13.8 Å². The number of anilines is 4. The Morgan fingerprint density at radius 1 is 0.844 bits per heavy atom. The third-order valence-electron chi connectivity index (χ3n) is 5.37. The lowest BCUT2D eigenvalue weighted by atomic mass is 10.1. The van der Waals surface area contributed by atoms with Gasteiger partial charge in [-0.1, -0.05) is 12.1 Å². The number of piperazine rings is 1. The highest BCUT2D eigenvalue weighted by Crippen LogP contribution is 2.23. The summed E-state index contributed by atoms with van der Waals surface area (Å²) in [6.45, 7) is 6.27. The van der Waals surface area contributed by atoms with Gasteiger partial charge in [0.15, 0.2) is 0 Å². The van der Waals surface area contributed by atoms with Gasteiger partial charge in [0, 0.05) is 68.8 Å². The van der Waals surface area contributed by atoms with Gasteiger partial charge in [0.25, 0.3) is 0 Å². The standard InChI is InChI=1S/C24H26N6O2/c1-17(31)26-20-5-3-19(4-6-20)23-11-12-25-24(28-23)27-21-7-9-22(10-8-21)30-15-13-29(14-16-30)18(2)32/h3-12H,13-16H2,1-2H3,(H,26,31)(H,25,27,28). The van der Waals surface area contributed by atoms with Crippen LogP contribution in [0.25, 0.3) is 11.3 Å². The van der Waals surface area contributed by atoms with Crippen molar-refractivity contribution in [3.8, 4) is 11.3 Å². The summed E-state index contributed by atoms with van der Waals surface area (Å²) < 4.78 is 0. The number of carbonyl (C=O) groups is 2. The second kappa shape index (κ2) is 9.47. The molecule has 32 heavy (non-hydrogen) atoms. The first-order valence-corrected chi connectivity index (χ1v) is 10.6. The van der Waals surface area contributed by atoms with Crippen LogP contribution in [0.3, 0.4) is 0 Å². The topological polar surface area (TPSA) is 90.5 Å². The van der Waals surface area contributed by atoms with Crippen molar-refractivity contribution in [2.24, 2.45) is 0 Å². The van der Waals surface area contributed by atoms with Crippen molar-refractivity contribution >= 4 is 34.8 Å². The first-order valence-electron chi connectivity index (χ1n) is 10.6. The lowest BCUT2D eigenvalue weighted by Crippen LogP contribution is -2.48. The van der Waals surface area contributed by atoms with Gasteiger partial charge in [-0.25, -0.2) is 9.97 Å². The number of nitrogens with zero attached hydrogens (tertiary/aromatic N) is 4. The average molecular weight is 431 g/mol. The lowest BCUT2D eigenvalue weighted by molar-refractivity contribution is -0.129. The molecule has 0 saturated carbocycles. The summed E-state index contributed by atoms with van der Waals surface area (Å²) in [5.41, 5.74) is 4.50. The Morgan fingerprint density at radius 3 is 2.12 bits per heavy atom. The molecular formula is C24H26N6O2. The highest BCUT2D eigenvalue weighted by atomic mass is 16.2. The monoisotopic (exact) mass is 430 g/mol. The van der Waals surface area contributed by atoms with Gasteiger partial charge in [0.05, 0.1) is 5.69 Å². The molecule has 164 valence electrons. The number of carbonyl (C=O) groups excluding carboxylic acids is 2. The zero-order valence-corrected chi connectivity index (χ0v) is 18.2. The minimum atomic E-state index is -0.101. The molecule has 8 heteroatoms. The van der Waals surface area contributed by atoms with Crippen molar-refractivity contribution in [3.63, 3.8) is 0 Å². The Balaban J connectivity index is 1.40. The molecule has 0 spiro atoms. The van der Waals surface area contributed by atoms with Crippen molar-refractivity contribution in [1.29, 1.82) is 0 Å². The summed E-state index contributed by atoms with van der Waals surface area (Å²) in [5.74, 6) is 0.543. The van der Waals surface area contributed by atoms with Gasteiger partial charge >= 0.3 is 0 Å². The number of rotatable bonds is 5. The van der Waals surface area contributed by atoms with Crippen LogP contribution in [0.5, 0.6) is 0 Å². The van der Waals surface area contributed by atoms with Crippen molar-refractivity contribution in [2.75, 3.05) is 41.7 Å². The minimum absolute atomic E-state index is 0.101. The summed E-state index contributed by atoms with van der Waals surface area (Å²) in [6.07, 6.45) is 1.72. The lowest BCUT2D eigenvalue weighted by Gasteiger charge is -2.35. The van der Waals surface area contributed by atoms with Crippen molar-refractivity contribution < 1.29 is 9.59 Å². The van der Waals surface area contributed by atoms with Gasteiger partial charge in [-0.3, -0.25) is 9.59 Å². The Labute approximate surface area is 187 Å². The second-order valence-corrected chi connectivity index (χ2v) is 7.69. The Morgan fingerprint density at radius 2 is 1.50 bits per heavy atom. The van der Waals surface area contributed by atoms with E-state index in [2.05, 4.69) is 37.6 Å². The number of amides is 2. The molecule has 1 fully saturated rings. The molecule has 3 aromatic rings. The molecule has 2 heterocycles. The van der Waals surface area contributed by atoms with Gasteiger partial charge in [0.2, 0.25) is 17.8 Å². The van der Waals surface area contributed by atoms with E-state index in [0.29, 0.717) is 5.95 Å². The molecule has 1 aromatic heterocycles. The van der Waals surface area contributed by atoms with Gasteiger partial charge in [-0.15, -0.1) is 0 Å². The van der Waals surface area contributed by atoms with E-state index in [-0.39, 0.29) is 11.8 Å². The minimum Gasteiger partial charge on any atom is -0.368 e. The molecule has 0 radical (unpaired) electrons. The van der Waals surface area contributed by atoms with Crippen LogP contribution in [0.2, 0.25) is 0 Å². The van der Waals surface area contributed by atoms with Gasteiger partial charge in [-0.05, 0) is 42.5 Å². The predicted octanol–water partition coefficient (Wildman–Crippen LogP) is 3.51. The Hall–Kier alpha value is -3.94. The zero-order chi connectivity index (χ0) is 22.5. The fourth-order valence-corrected chi connectivity index (χ4v) is 3.67. The van der Waals surface area contributed by atoms with Crippen LogP contribution >= 0.6 is 0 Å². The summed E-state index contributed by atoms with van der Waals surface area (Å²) in [7, 11) is 0. The molecule has 0 unspecified atom stereocenters. The molecule has 0 aliphatic carbocycles. The highest BCUT2D eigenvalue weighted by Gasteiger charge is 2.18. The van der Waals surface area contributed by atoms with E-state index in [1.165, 1.54) is 6.92 Å². The smallest absolute Gasteiger partial charge is 0.227 e. The molecule has 0 atom stereocenters. The normalized spacial score (nSPS) is 13.6. The molecular weight excluding hydrogens is 404 g/mol. The molecule has 4 rings (SSSR count). The van der Waals surface area contributed by atoms with E-state index in [1.54, 1.807) is 13.1 Å². The van der Waals surface area contributed by atoms with E-state index in [4.69, 9.17) is 0 Å². The molecule has 2 amide bonds. The maximum absolute atomic E-state index is 11.5. The maximum atomic E-state index is 11.5. The van der Waals surface area contributed by atoms with E-state index in [0.717, 1.165) is 54.5 Å². The van der Waals surface area contributed by atoms with Crippen LogP contribution < -0.4 is 15.5 Å². The first-order chi connectivity index (χ1) is 15.5. The Bertz CT molecular complexity index is 1090. The molecule has 0 bridgehead atoms. The number of hydrogen-bond acceptors (Lipinski definition) is 6. The third-order valence-corrected chi connectivity index (χ3v) is 5.37. The SMILES string of the molecule is CC(=O)Nc1ccc(-c2ccnc(Nc3ccc(N4CCN(C(C)=O)CC4)cc3)n2)cc1. The van der Waals surface area contributed by atoms with Crippen LogP contribution in [-0.4, -0.2) is 52.9 Å². The molecule has 2 N–H and O–H groups in total. The van der Waals surface area contributed by atoms with Crippen molar-refractivity contribution in [3.05, 3.63) is 60.8 Å². The number of benzene rings is 2. The first kappa shape index (κ1) is 21.3. The number of aromatic nitrogens is 2. The van der Waals surface area contributed by atoms with Crippen LogP contribution in [0.15, 0.2) is 60.8 Å². The number of nitrogens with one attached hydrogen (secondary N) is 2.